The van der Waals surface area contributed by atoms with Gasteiger partial charge in [-0.15, -0.1) is 0 Å². The summed E-state index contributed by atoms with van der Waals surface area (Å²) in [7, 11) is 0. The SMILES string of the molecule is CCc1ccc2c(c1)OCc1nccn1-2. The van der Waals surface area contributed by atoms with E-state index in [9.17, 15) is 0 Å². The minimum Gasteiger partial charge on any atom is -0.483 e. The van der Waals surface area contributed by atoms with E-state index in [0.717, 1.165) is 23.7 Å². The highest BCUT2D eigenvalue weighted by molar-refractivity contribution is 5.51. The third-order valence-electron chi connectivity index (χ3n) is 2.77. The van der Waals surface area contributed by atoms with Crippen molar-refractivity contribution in [2.24, 2.45) is 0 Å². The Morgan fingerprint density at radius 3 is 3.27 bits per heavy atom. The molecule has 3 heteroatoms. The summed E-state index contributed by atoms with van der Waals surface area (Å²) in [6.07, 6.45) is 4.82. The summed E-state index contributed by atoms with van der Waals surface area (Å²) < 4.78 is 7.75. The van der Waals surface area contributed by atoms with E-state index >= 15 is 0 Å². The number of benzene rings is 1. The number of fused-ring (bicyclic) bond motifs is 3. The van der Waals surface area contributed by atoms with Crippen molar-refractivity contribution in [1.82, 2.24) is 9.55 Å². The maximum Gasteiger partial charge on any atom is 0.151 e. The van der Waals surface area contributed by atoms with Gasteiger partial charge >= 0.3 is 0 Å². The van der Waals surface area contributed by atoms with Crippen LogP contribution in [0.5, 0.6) is 5.75 Å². The Labute approximate surface area is 88.3 Å². The normalized spacial score (nSPS) is 12.9. The molecule has 0 amide bonds. The molecule has 0 bridgehead atoms. The summed E-state index contributed by atoms with van der Waals surface area (Å²) in [5, 5.41) is 0. The highest BCUT2D eigenvalue weighted by Gasteiger charge is 2.16. The number of aryl methyl sites for hydroxylation is 1. The van der Waals surface area contributed by atoms with Crippen molar-refractivity contribution in [3.8, 4) is 11.4 Å². The van der Waals surface area contributed by atoms with Crippen LogP contribution in [0.1, 0.15) is 18.3 Å². The quantitative estimate of drug-likeness (QED) is 0.706. The van der Waals surface area contributed by atoms with Gasteiger partial charge in [-0.3, -0.25) is 4.57 Å². The van der Waals surface area contributed by atoms with Gasteiger partial charge < -0.3 is 4.74 Å². The van der Waals surface area contributed by atoms with E-state index in [4.69, 9.17) is 4.74 Å². The van der Waals surface area contributed by atoms with E-state index in [1.165, 1.54) is 5.56 Å². The minimum absolute atomic E-state index is 0.563. The molecule has 0 atom stereocenters. The monoisotopic (exact) mass is 200 g/mol. The van der Waals surface area contributed by atoms with E-state index < -0.39 is 0 Å². The largest absolute Gasteiger partial charge is 0.483 e. The number of hydrogen-bond donors (Lipinski definition) is 0. The highest BCUT2D eigenvalue weighted by atomic mass is 16.5. The smallest absolute Gasteiger partial charge is 0.151 e. The third-order valence-corrected chi connectivity index (χ3v) is 2.77. The first-order valence-electron chi connectivity index (χ1n) is 5.17. The second-order valence-electron chi connectivity index (χ2n) is 3.66. The molecule has 0 aliphatic carbocycles. The van der Waals surface area contributed by atoms with Crippen molar-refractivity contribution < 1.29 is 4.74 Å². The molecule has 2 heterocycles. The first-order chi connectivity index (χ1) is 7.38. The maximum atomic E-state index is 5.67. The predicted molar refractivity (Wildman–Crippen MR) is 57.3 cm³/mol. The van der Waals surface area contributed by atoms with E-state index in [2.05, 4.69) is 34.7 Å². The Bertz CT molecular complexity index is 502. The summed E-state index contributed by atoms with van der Waals surface area (Å²) in [6.45, 7) is 2.71. The lowest BCUT2D eigenvalue weighted by Crippen LogP contribution is -2.12. The summed E-state index contributed by atoms with van der Waals surface area (Å²) in [5.74, 6) is 1.92. The number of aromatic nitrogens is 2. The van der Waals surface area contributed by atoms with Gasteiger partial charge in [0.2, 0.25) is 0 Å². The standard InChI is InChI=1S/C12H12N2O/c1-2-9-3-4-10-11(7-9)15-8-12-13-5-6-14(10)12/h3-7H,2,8H2,1H3. The molecule has 1 aromatic heterocycles. The molecule has 0 unspecified atom stereocenters. The first-order valence-corrected chi connectivity index (χ1v) is 5.17. The number of nitrogens with zero attached hydrogens (tertiary/aromatic N) is 2. The second-order valence-corrected chi connectivity index (χ2v) is 3.66. The number of ether oxygens (including phenoxy) is 1. The van der Waals surface area contributed by atoms with E-state index in [1.807, 2.05) is 12.4 Å². The molecule has 2 aromatic rings. The number of hydrogen-bond acceptors (Lipinski definition) is 2. The molecule has 76 valence electrons. The van der Waals surface area contributed by atoms with Crippen molar-refractivity contribution in [2.45, 2.75) is 20.0 Å². The molecular formula is C12H12N2O. The van der Waals surface area contributed by atoms with Gasteiger partial charge in [0.05, 0.1) is 5.69 Å². The average molecular weight is 200 g/mol. The Hall–Kier alpha value is -1.77. The van der Waals surface area contributed by atoms with Crippen LogP contribution in [0.4, 0.5) is 0 Å². The van der Waals surface area contributed by atoms with Gasteiger partial charge in [-0.2, -0.15) is 0 Å². The van der Waals surface area contributed by atoms with Gasteiger partial charge in [0, 0.05) is 12.4 Å². The molecule has 0 N–H and O–H groups in total. The van der Waals surface area contributed by atoms with Crippen LogP contribution in [-0.2, 0) is 13.0 Å². The minimum atomic E-state index is 0.563. The van der Waals surface area contributed by atoms with Crippen LogP contribution < -0.4 is 4.74 Å². The van der Waals surface area contributed by atoms with Crippen molar-refractivity contribution in [2.75, 3.05) is 0 Å². The lowest BCUT2D eigenvalue weighted by molar-refractivity contribution is 0.279. The summed E-state index contributed by atoms with van der Waals surface area (Å²) in [4.78, 5) is 4.24. The van der Waals surface area contributed by atoms with Crippen LogP contribution >= 0.6 is 0 Å². The average Bonchev–Trinajstić information content (AvgIpc) is 2.76. The molecular weight excluding hydrogens is 188 g/mol. The van der Waals surface area contributed by atoms with Crippen molar-refractivity contribution in [3.05, 3.63) is 42.0 Å². The fourth-order valence-corrected chi connectivity index (χ4v) is 1.90. The molecule has 15 heavy (non-hydrogen) atoms. The lowest BCUT2D eigenvalue weighted by atomic mass is 10.1. The molecule has 3 rings (SSSR count). The van der Waals surface area contributed by atoms with Gasteiger partial charge in [0.15, 0.2) is 5.82 Å². The summed E-state index contributed by atoms with van der Waals surface area (Å²) in [6, 6.07) is 6.34. The zero-order valence-electron chi connectivity index (χ0n) is 8.60. The highest BCUT2D eigenvalue weighted by Crippen LogP contribution is 2.30. The summed E-state index contributed by atoms with van der Waals surface area (Å²) >= 11 is 0. The fourth-order valence-electron chi connectivity index (χ4n) is 1.90. The fraction of sp³-hybridized carbons (Fsp3) is 0.250. The van der Waals surface area contributed by atoms with Crippen molar-refractivity contribution in [1.29, 1.82) is 0 Å². The Balaban J connectivity index is 2.18. The molecule has 0 saturated carbocycles. The van der Waals surface area contributed by atoms with Gasteiger partial charge in [0.1, 0.15) is 12.4 Å². The van der Waals surface area contributed by atoms with Gasteiger partial charge in [-0.25, -0.2) is 4.98 Å². The Morgan fingerprint density at radius 2 is 2.40 bits per heavy atom. The number of rotatable bonds is 1. The van der Waals surface area contributed by atoms with E-state index in [1.54, 1.807) is 0 Å². The molecule has 0 radical (unpaired) electrons. The first kappa shape index (κ1) is 8.53. The van der Waals surface area contributed by atoms with E-state index in [-0.39, 0.29) is 0 Å². The van der Waals surface area contributed by atoms with Gasteiger partial charge in [-0.05, 0) is 24.1 Å². The summed E-state index contributed by atoms with van der Waals surface area (Å²) in [5.41, 5.74) is 2.39. The van der Waals surface area contributed by atoms with Crippen LogP contribution in [0.3, 0.4) is 0 Å². The van der Waals surface area contributed by atoms with Crippen LogP contribution in [0.2, 0.25) is 0 Å². The van der Waals surface area contributed by atoms with E-state index in [0.29, 0.717) is 6.61 Å². The molecule has 0 spiro atoms. The zero-order valence-corrected chi connectivity index (χ0v) is 8.60. The second kappa shape index (κ2) is 3.12. The number of imidazole rings is 1. The molecule has 1 aliphatic heterocycles. The molecule has 0 saturated heterocycles. The predicted octanol–water partition coefficient (Wildman–Crippen LogP) is 2.33. The molecule has 1 aromatic carbocycles. The van der Waals surface area contributed by atoms with Gasteiger partial charge in [-0.1, -0.05) is 13.0 Å². The third kappa shape index (κ3) is 1.23. The Morgan fingerprint density at radius 1 is 1.47 bits per heavy atom. The Kier molecular flexibility index (Phi) is 1.78. The molecule has 1 aliphatic rings. The van der Waals surface area contributed by atoms with Gasteiger partial charge in [0.25, 0.3) is 0 Å². The van der Waals surface area contributed by atoms with Crippen LogP contribution in [0.25, 0.3) is 5.69 Å². The molecule has 3 nitrogen and oxygen atoms in total. The lowest BCUT2D eigenvalue weighted by Gasteiger charge is -2.19. The van der Waals surface area contributed by atoms with Crippen LogP contribution in [0.15, 0.2) is 30.6 Å². The zero-order chi connectivity index (χ0) is 10.3. The topological polar surface area (TPSA) is 27.1 Å². The molecule has 0 fully saturated rings. The van der Waals surface area contributed by atoms with Crippen molar-refractivity contribution >= 4 is 0 Å². The van der Waals surface area contributed by atoms with Crippen LogP contribution in [0, 0.1) is 0 Å². The van der Waals surface area contributed by atoms with Crippen LogP contribution in [-0.4, -0.2) is 9.55 Å². The maximum absolute atomic E-state index is 5.67. The van der Waals surface area contributed by atoms with Crippen molar-refractivity contribution in [3.63, 3.8) is 0 Å².